The predicted octanol–water partition coefficient (Wildman–Crippen LogP) is 3.36. The fourth-order valence-corrected chi connectivity index (χ4v) is 2.16. The summed E-state index contributed by atoms with van der Waals surface area (Å²) in [6.07, 6.45) is 1.29. The van der Waals surface area contributed by atoms with Gasteiger partial charge in [0.1, 0.15) is 5.75 Å². The maximum atomic E-state index is 12.3. The fourth-order valence-electron chi connectivity index (χ4n) is 2.16. The third-order valence-corrected chi connectivity index (χ3v) is 3.66. The first-order chi connectivity index (χ1) is 12.0. The summed E-state index contributed by atoms with van der Waals surface area (Å²) >= 11 is 0. The number of carbonyl (C=O) groups excluding carboxylic acids is 2. The van der Waals surface area contributed by atoms with Crippen molar-refractivity contribution >= 4 is 17.5 Å². The number of amides is 2. The molecule has 2 rings (SSSR count). The van der Waals surface area contributed by atoms with Crippen LogP contribution in [-0.4, -0.2) is 37.4 Å². The Kier molecular flexibility index (Phi) is 6.57. The van der Waals surface area contributed by atoms with E-state index in [2.05, 4.69) is 5.32 Å². The third kappa shape index (κ3) is 5.64. The van der Waals surface area contributed by atoms with Crippen molar-refractivity contribution in [2.45, 2.75) is 19.8 Å². The molecule has 0 aromatic heterocycles. The molecule has 2 amide bonds. The van der Waals surface area contributed by atoms with Crippen molar-refractivity contribution in [2.24, 2.45) is 0 Å². The van der Waals surface area contributed by atoms with Crippen LogP contribution in [0.2, 0.25) is 0 Å². The summed E-state index contributed by atoms with van der Waals surface area (Å²) in [6, 6.07) is 14.4. The zero-order chi connectivity index (χ0) is 18.2. The molecule has 2 aromatic rings. The summed E-state index contributed by atoms with van der Waals surface area (Å²) in [5.74, 6) is 0.620. The van der Waals surface area contributed by atoms with Crippen LogP contribution in [-0.2, 0) is 11.2 Å². The molecule has 0 atom stereocenters. The van der Waals surface area contributed by atoms with E-state index in [0.717, 1.165) is 17.7 Å². The van der Waals surface area contributed by atoms with Crippen LogP contribution in [0.5, 0.6) is 5.75 Å². The van der Waals surface area contributed by atoms with Crippen LogP contribution < -0.4 is 10.1 Å². The molecule has 0 fully saturated rings. The number of hydrogen-bond donors (Lipinski definition) is 1. The number of nitrogens with one attached hydrogen (secondary N) is 1. The number of ether oxygens (including phenoxy) is 1. The first-order valence-corrected chi connectivity index (χ1v) is 8.33. The van der Waals surface area contributed by atoms with E-state index in [1.54, 1.807) is 55.4 Å². The van der Waals surface area contributed by atoms with E-state index < -0.39 is 0 Å². The number of rotatable bonds is 7. The van der Waals surface area contributed by atoms with Gasteiger partial charge >= 0.3 is 0 Å². The van der Waals surface area contributed by atoms with Gasteiger partial charge in [-0.25, -0.2) is 0 Å². The van der Waals surface area contributed by atoms with Gasteiger partial charge in [0.25, 0.3) is 5.91 Å². The summed E-state index contributed by atoms with van der Waals surface area (Å²) in [7, 11) is 3.46. The minimum atomic E-state index is -0.181. The molecular formula is C20H24N2O3. The Labute approximate surface area is 148 Å². The molecule has 5 heteroatoms. The molecule has 0 heterocycles. The van der Waals surface area contributed by atoms with Gasteiger partial charge in [0.05, 0.1) is 13.0 Å². The van der Waals surface area contributed by atoms with Gasteiger partial charge in [0.2, 0.25) is 5.91 Å². The van der Waals surface area contributed by atoms with Gasteiger partial charge in [0, 0.05) is 25.3 Å². The second kappa shape index (κ2) is 8.87. The van der Waals surface area contributed by atoms with Crippen LogP contribution in [0.3, 0.4) is 0 Å². The van der Waals surface area contributed by atoms with Crippen molar-refractivity contribution in [2.75, 3.05) is 26.0 Å². The Hall–Kier alpha value is -2.82. The number of hydrogen-bond acceptors (Lipinski definition) is 3. The van der Waals surface area contributed by atoms with Crippen molar-refractivity contribution < 1.29 is 14.3 Å². The minimum Gasteiger partial charge on any atom is -0.494 e. The van der Waals surface area contributed by atoms with Crippen molar-refractivity contribution in [1.82, 2.24) is 4.90 Å². The molecule has 0 saturated carbocycles. The molecule has 1 N–H and O–H groups in total. The quantitative estimate of drug-likeness (QED) is 0.841. The van der Waals surface area contributed by atoms with E-state index in [-0.39, 0.29) is 11.8 Å². The van der Waals surface area contributed by atoms with Crippen LogP contribution in [0.1, 0.15) is 29.3 Å². The molecule has 2 aromatic carbocycles. The predicted molar refractivity (Wildman–Crippen MR) is 99.0 cm³/mol. The Morgan fingerprint density at radius 2 is 1.64 bits per heavy atom. The average Bonchev–Trinajstić information content (AvgIpc) is 2.61. The van der Waals surface area contributed by atoms with E-state index in [1.807, 2.05) is 19.1 Å². The highest BCUT2D eigenvalue weighted by molar-refractivity contribution is 6.04. The molecule has 0 saturated heterocycles. The van der Waals surface area contributed by atoms with Gasteiger partial charge in [-0.1, -0.05) is 19.1 Å². The van der Waals surface area contributed by atoms with Crippen molar-refractivity contribution in [3.63, 3.8) is 0 Å². The fraction of sp³-hybridized carbons (Fsp3) is 0.300. The number of anilines is 1. The monoisotopic (exact) mass is 340 g/mol. The van der Waals surface area contributed by atoms with Crippen LogP contribution in [0.4, 0.5) is 5.69 Å². The van der Waals surface area contributed by atoms with E-state index in [9.17, 15) is 9.59 Å². The first kappa shape index (κ1) is 18.5. The number of benzene rings is 2. The van der Waals surface area contributed by atoms with Crippen molar-refractivity contribution in [1.29, 1.82) is 0 Å². The number of likely N-dealkylation sites (N-methyl/N-ethyl adjacent to an activating group) is 1. The summed E-state index contributed by atoms with van der Waals surface area (Å²) < 4.78 is 5.51. The maximum absolute atomic E-state index is 12.3. The normalized spacial score (nSPS) is 10.2. The van der Waals surface area contributed by atoms with Gasteiger partial charge < -0.3 is 15.0 Å². The van der Waals surface area contributed by atoms with Crippen molar-refractivity contribution in [3.8, 4) is 5.75 Å². The lowest BCUT2D eigenvalue weighted by Gasteiger charge is -2.11. The topological polar surface area (TPSA) is 58.6 Å². The molecule has 0 bridgehead atoms. The van der Waals surface area contributed by atoms with E-state index >= 15 is 0 Å². The lowest BCUT2D eigenvalue weighted by Crippen LogP contribution is -2.23. The molecule has 5 nitrogen and oxygen atoms in total. The Bertz CT molecular complexity index is 707. The largest absolute Gasteiger partial charge is 0.494 e. The van der Waals surface area contributed by atoms with Gasteiger partial charge in [0.15, 0.2) is 0 Å². The second-order valence-electron chi connectivity index (χ2n) is 5.99. The van der Waals surface area contributed by atoms with Crippen LogP contribution >= 0.6 is 0 Å². The zero-order valence-corrected chi connectivity index (χ0v) is 14.9. The maximum Gasteiger partial charge on any atom is 0.255 e. The Morgan fingerprint density at radius 1 is 1.00 bits per heavy atom. The Morgan fingerprint density at radius 3 is 2.20 bits per heavy atom. The van der Waals surface area contributed by atoms with Crippen LogP contribution in [0.25, 0.3) is 0 Å². The van der Waals surface area contributed by atoms with Crippen molar-refractivity contribution in [3.05, 3.63) is 59.7 Å². The third-order valence-electron chi connectivity index (χ3n) is 3.66. The van der Waals surface area contributed by atoms with Gasteiger partial charge in [-0.2, -0.15) is 0 Å². The lowest BCUT2D eigenvalue weighted by atomic mass is 10.1. The summed E-state index contributed by atoms with van der Waals surface area (Å²) in [5, 5.41) is 2.85. The molecule has 25 heavy (non-hydrogen) atoms. The highest BCUT2D eigenvalue weighted by atomic mass is 16.5. The first-order valence-electron chi connectivity index (χ1n) is 8.33. The Balaban J connectivity index is 1.94. The summed E-state index contributed by atoms with van der Waals surface area (Å²) in [5.41, 5.74) is 2.17. The van der Waals surface area contributed by atoms with E-state index in [0.29, 0.717) is 24.3 Å². The standard InChI is InChI=1S/C20H24N2O3/c1-4-13-25-18-11-7-16(8-12-18)20(24)21-17-9-5-15(6-10-17)14-19(23)22(2)3/h5-12H,4,13-14H2,1-3H3,(H,21,24). The minimum absolute atomic E-state index is 0.0437. The molecule has 0 spiro atoms. The summed E-state index contributed by atoms with van der Waals surface area (Å²) in [4.78, 5) is 25.5. The molecule has 0 aliphatic heterocycles. The van der Waals surface area contributed by atoms with E-state index in [4.69, 9.17) is 4.74 Å². The molecule has 0 aliphatic rings. The van der Waals surface area contributed by atoms with Gasteiger partial charge in [-0.05, 0) is 48.4 Å². The number of carbonyl (C=O) groups is 2. The zero-order valence-electron chi connectivity index (χ0n) is 14.9. The molecule has 0 radical (unpaired) electrons. The average molecular weight is 340 g/mol. The SMILES string of the molecule is CCCOc1ccc(C(=O)Nc2ccc(CC(=O)N(C)C)cc2)cc1. The highest BCUT2D eigenvalue weighted by Gasteiger charge is 2.08. The highest BCUT2D eigenvalue weighted by Crippen LogP contribution is 2.15. The lowest BCUT2D eigenvalue weighted by molar-refractivity contribution is -0.127. The van der Waals surface area contributed by atoms with E-state index in [1.165, 1.54) is 0 Å². The molecule has 132 valence electrons. The molecular weight excluding hydrogens is 316 g/mol. The smallest absolute Gasteiger partial charge is 0.255 e. The molecule has 0 unspecified atom stereocenters. The molecule has 0 aliphatic carbocycles. The van der Waals surface area contributed by atoms with Crippen LogP contribution in [0, 0.1) is 0 Å². The van der Waals surface area contributed by atoms with Gasteiger partial charge in [-0.3, -0.25) is 9.59 Å². The number of nitrogens with zero attached hydrogens (tertiary/aromatic N) is 1. The van der Waals surface area contributed by atoms with Crippen LogP contribution in [0.15, 0.2) is 48.5 Å². The summed E-state index contributed by atoms with van der Waals surface area (Å²) in [6.45, 7) is 2.71. The second-order valence-corrected chi connectivity index (χ2v) is 5.99. The van der Waals surface area contributed by atoms with Gasteiger partial charge in [-0.15, -0.1) is 0 Å².